The number of hydrazine groups is 1. The van der Waals surface area contributed by atoms with Crippen molar-refractivity contribution >= 4 is 36.3 Å². The average Bonchev–Trinajstić information content (AvgIpc) is 2.83. The van der Waals surface area contributed by atoms with Crippen LogP contribution < -0.4 is 5.43 Å². The molecule has 0 spiro atoms. The Hall–Kier alpha value is -3.34. The van der Waals surface area contributed by atoms with E-state index >= 15 is 0 Å². The quantitative estimate of drug-likeness (QED) is 0.352. The molecule has 0 saturated heterocycles. The molecule has 176 valence electrons. The van der Waals surface area contributed by atoms with Crippen LogP contribution in [0.3, 0.4) is 0 Å². The second-order valence-corrected chi connectivity index (χ2v) is 12.1. The molecular formula is C24H24N4O4S2. The van der Waals surface area contributed by atoms with Crippen molar-refractivity contribution < 1.29 is 16.8 Å². The molecule has 0 bridgehead atoms. The van der Waals surface area contributed by atoms with Crippen LogP contribution >= 0.6 is 0 Å². The number of rotatable bonds is 9. The second-order valence-electron chi connectivity index (χ2n) is 7.92. The van der Waals surface area contributed by atoms with Gasteiger partial charge in [-0.2, -0.15) is 0 Å². The number of hydrogen-bond donors (Lipinski definition) is 1. The van der Waals surface area contributed by atoms with E-state index in [4.69, 9.17) is 0 Å². The van der Waals surface area contributed by atoms with Crippen molar-refractivity contribution in [2.24, 2.45) is 0 Å². The lowest BCUT2D eigenvalue weighted by atomic mass is 10.1. The van der Waals surface area contributed by atoms with Gasteiger partial charge in [-0.3, -0.25) is 0 Å². The molecule has 0 aliphatic rings. The highest BCUT2D eigenvalue weighted by atomic mass is 32.2. The van der Waals surface area contributed by atoms with Crippen molar-refractivity contribution in [2.75, 3.05) is 24.0 Å². The molecule has 1 heterocycles. The third-order valence-electron chi connectivity index (χ3n) is 5.18. The number of nitrogens with one attached hydrogen (secondary N) is 1. The van der Waals surface area contributed by atoms with Gasteiger partial charge in [-0.05, 0) is 48.0 Å². The Balaban J connectivity index is 1.54. The van der Waals surface area contributed by atoms with Crippen LogP contribution in [0.25, 0.3) is 10.9 Å². The van der Waals surface area contributed by atoms with Crippen molar-refractivity contribution in [3.63, 3.8) is 0 Å². The summed E-state index contributed by atoms with van der Waals surface area (Å²) in [6.45, 7) is 0.657. The van der Waals surface area contributed by atoms with E-state index < -0.39 is 19.7 Å². The lowest BCUT2D eigenvalue weighted by molar-refractivity contribution is 0.340. The molecule has 0 unspecified atom stereocenters. The molecule has 3 aromatic carbocycles. The zero-order chi connectivity index (χ0) is 24.2. The Morgan fingerprint density at radius 3 is 2.29 bits per heavy atom. The highest BCUT2D eigenvalue weighted by molar-refractivity contribution is 7.91. The molecule has 1 N–H and O–H groups in total. The van der Waals surface area contributed by atoms with Gasteiger partial charge in [-0.1, -0.05) is 30.3 Å². The fourth-order valence-electron chi connectivity index (χ4n) is 3.42. The number of benzene rings is 3. The normalized spacial score (nSPS) is 12.2. The molecule has 0 amide bonds. The van der Waals surface area contributed by atoms with Crippen LogP contribution in [0.1, 0.15) is 5.56 Å². The number of aromatic nitrogens is 2. The van der Waals surface area contributed by atoms with E-state index in [2.05, 4.69) is 15.4 Å². The summed E-state index contributed by atoms with van der Waals surface area (Å²) in [5.74, 6) is -0.0315. The fourth-order valence-corrected chi connectivity index (χ4v) is 5.25. The molecule has 8 nitrogen and oxygen atoms in total. The van der Waals surface area contributed by atoms with Crippen LogP contribution in [0.4, 0.5) is 5.69 Å². The van der Waals surface area contributed by atoms with Crippen LogP contribution in [-0.2, 0) is 26.2 Å². The van der Waals surface area contributed by atoms with Crippen LogP contribution in [0.15, 0.2) is 95.1 Å². The summed E-state index contributed by atoms with van der Waals surface area (Å²) < 4.78 is 49.2. The highest BCUT2D eigenvalue weighted by Gasteiger charge is 2.17. The Morgan fingerprint density at radius 2 is 1.59 bits per heavy atom. The molecule has 0 atom stereocenters. The van der Waals surface area contributed by atoms with E-state index in [0.717, 1.165) is 16.5 Å². The van der Waals surface area contributed by atoms with Crippen molar-refractivity contribution in [2.45, 2.75) is 16.3 Å². The Kier molecular flexibility index (Phi) is 6.92. The second kappa shape index (κ2) is 9.88. The van der Waals surface area contributed by atoms with Gasteiger partial charge in [0.05, 0.1) is 21.1 Å². The standard InChI is InChI=1S/C24H24N4O4S2/c1-33(29,30)14-13-28(17-19-7-8-20-16-25-18-26-24(20)15-19)27-21-9-11-23(12-10-21)34(31,32)22-5-3-2-4-6-22/h2-12,15-16,18,27H,13-14,17H2,1H3. The lowest BCUT2D eigenvalue weighted by Crippen LogP contribution is -2.33. The van der Waals surface area contributed by atoms with Crippen LogP contribution in [0.5, 0.6) is 0 Å². The predicted octanol–water partition coefficient (Wildman–Crippen LogP) is 3.34. The summed E-state index contributed by atoms with van der Waals surface area (Å²) in [6.07, 6.45) is 4.41. The molecule has 0 saturated carbocycles. The summed E-state index contributed by atoms with van der Waals surface area (Å²) in [4.78, 5) is 8.70. The molecule has 34 heavy (non-hydrogen) atoms. The summed E-state index contributed by atoms with van der Waals surface area (Å²) in [6, 6.07) is 20.4. The Morgan fingerprint density at radius 1 is 0.882 bits per heavy atom. The molecule has 0 radical (unpaired) electrons. The fraction of sp³-hybridized carbons (Fsp3) is 0.167. The first-order chi connectivity index (χ1) is 16.2. The SMILES string of the molecule is CS(=O)(=O)CCN(Cc1ccc2cncnc2c1)Nc1ccc(S(=O)(=O)c2ccccc2)cc1. The summed E-state index contributed by atoms with van der Waals surface area (Å²) in [5.41, 5.74) is 5.59. The summed E-state index contributed by atoms with van der Waals surface area (Å²) >= 11 is 0. The maximum absolute atomic E-state index is 12.8. The van der Waals surface area contributed by atoms with Crippen LogP contribution in [0, 0.1) is 0 Å². The molecule has 0 aliphatic heterocycles. The number of anilines is 1. The number of hydrogen-bond acceptors (Lipinski definition) is 8. The Bertz CT molecular complexity index is 1490. The minimum atomic E-state index is -3.62. The van der Waals surface area contributed by atoms with Crippen molar-refractivity contribution in [3.8, 4) is 0 Å². The molecular weight excluding hydrogens is 472 g/mol. The zero-order valence-corrected chi connectivity index (χ0v) is 20.1. The lowest BCUT2D eigenvalue weighted by Gasteiger charge is -2.24. The topological polar surface area (TPSA) is 109 Å². The minimum Gasteiger partial charge on any atom is -0.319 e. The molecule has 0 aliphatic carbocycles. The van der Waals surface area contributed by atoms with Gasteiger partial charge in [0.25, 0.3) is 0 Å². The molecule has 1 aromatic heterocycles. The van der Waals surface area contributed by atoms with E-state index in [9.17, 15) is 16.8 Å². The van der Waals surface area contributed by atoms with Crippen LogP contribution in [-0.4, -0.2) is 50.4 Å². The number of nitrogens with zero attached hydrogens (tertiary/aromatic N) is 3. The third-order valence-corrected chi connectivity index (χ3v) is 7.89. The number of fused-ring (bicyclic) bond motifs is 1. The van der Waals surface area contributed by atoms with Crippen LogP contribution in [0.2, 0.25) is 0 Å². The predicted molar refractivity (Wildman–Crippen MR) is 132 cm³/mol. The van der Waals surface area contributed by atoms with E-state index in [1.807, 2.05) is 18.2 Å². The van der Waals surface area contributed by atoms with Gasteiger partial charge in [0, 0.05) is 36.6 Å². The van der Waals surface area contributed by atoms with Gasteiger partial charge in [-0.15, -0.1) is 0 Å². The smallest absolute Gasteiger partial charge is 0.206 e. The molecule has 4 rings (SSSR count). The van der Waals surface area contributed by atoms with Gasteiger partial charge in [-0.25, -0.2) is 31.8 Å². The maximum atomic E-state index is 12.8. The van der Waals surface area contributed by atoms with Gasteiger partial charge in [0.15, 0.2) is 0 Å². The first kappa shape index (κ1) is 23.8. The van der Waals surface area contributed by atoms with E-state index in [1.54, 1.807) is 53.7 Å². The third kappa shape index (κ3) is 5.96. The number of sulfone groups is 2. The summed E-state index contributed by atoms with van der Waals surface area (Å²) in [5, 5.41) is 2.70. The molecule has 0 fully saturated rings. The van der Waals surface area contributed by atoms with Gasteiger partial charge >= 0.3 is 0 Å². The van der Waals surface area contributed by atoms with Gasteiger partial charge < -0.3 is 5.43 Å². The van der Waals surface area contributed by atoms with Crippen molar-refractivity contribution in [1.29, 1.82) is 0 Å². The van der Waals surface area contributed by atoms with Crippen molar-refractivity contribution in [3.05, 3.63) is 90.9 Å². The molecule has 10 heteroatoms. The van der Waals surface area contributed by atoms with Gasteiger partial charge in [0.1, 0.15) is 16.2 Å². The largest absolute Gasteiger partial charge is 0.319 e. The van der Waals surface area contributed by atoms with E-state index in [-0.39, 0.29) is 22.1 Å². The minimum absolute atomic E-state index is 0.0315. The first-order valence-corrected chi connectivity index (χ1v) is 14.0. The zero-order valence-electron chi connectivity index (χ0n) is 18.5. The summed E-state index contributed by atoms with van der Waals surface area (Å²) in [7, 11) is -6.79. The highest BCUT2D eigenvalue weighted by Crippen LogP contribution is 2.23. The maximum Gasteiger partial charge on any atom is 0.206 e. The van der Waals surface area contributed by atoms with Gasteiger partial charge in [0.2, 0.25) is 9.84 Å². The average molecular weight is 497 g/mol. The van der Waals surface area contributed by atoms with Crippen molar-refractivity contribution in [1.82, 2.24) is 15.0 Å². The van der Waals surface area contributed by atoms with E-state index in [0.29, 0.717) is 12.2 Å². The first-order valence-electron chi connectivity index (χ1n) is 10.5. The molecule has 4 aromatic rings. The van der Waals surface area contributed by atoms with E-state index in [1.165, 1.54) is 24.7 Å². The Labute approximate surface area is 199 Å². The monoisotopic (exact) mass is 496 g/mol.